The zero-order valence-electron chi connectivity index (χ0n) is 15.7. The van der Waals surface area contributed by atoms with Crippen molar-refractivity contribution in [2.45, 2.75) is 52.5 Å². The quantitative estimate of drug-likeness (QED) is 0.863. The molecule has 6 nitrogen and oxygen atoms in total. The van der Waals surface area contributed by atoms with Crippen LogP contribution in [0.4, 0.5) is 0 Å². The zero-order chi connectivity index (χ0) is 18.7. The zero-order valence-corrected chi connectivity index (χ0v) is 15.7. The van der Waals surface area contributed by atoms with Gasteiger partial charge in [-0.2, -0.15) is 5.10 Å². The third-order valence-corrected chi connectivity index (χ3v) is 4.78. The Balaban J connectivity index is 1.94. The number of aliphatic hydroxyl groups is 1. The average molecular weight is 357 g/mol. The third kappa shape index (κ3) is 3.66. The summed E-state index contributed by atoms with van der Waals surface area (Å²) < 4.78 is 7.80. The molecule has 1 aromatic carbocycles. The van der Waals surface area contributed by atoms with Gasteiger partial charge in [-0.3, -0.25) is 9.48 Å². The highest BCUT2D eigenvalue weighted by molar-refractivity contribution is 5.94. The lowest BCUT2D eigenvalue weighted by atomic mass is 9.99. The second-order valence-corrected chi connectivity index (χ2v) is 6.76. The van der Waals surface area contributed by atoms with Crippen molar-refractivity contribution >= 4 is 5.91 Å². The summed E-state index contributed by atoms with van der Waals surface area (Å²) in [5.41, 5.74) is 3.51. The largest absolute Gasteiger partial charge is 0.395 e. The van der Waals surface area contributed by atoms with Crippen LogP contribution < -0.4 is 0 Å². The summed E-state index contributed by atoms with van der Waals surface area (Å²) >= 11 is 0. The normalized spacial score (nSPS) is 19.2. The van der Waals surface area contributed by atoms with Gasteiger partial charge in [-0.05, 0) is 26.3 Å². The van der Waals surface area contributed by atoms with Gasteiger partial charge < -0.3 is 14.7 Å². The number of fused-ring (bicyclic) bond motifs is 1. The van der Waals surface area contributed by atoms with Crippen LogP contribution in [0.2, 0.25) is 0 Å². The molecule has 1 aromatic heterocycles. The molecule has 0 unspecified atom stereocenters. The minimum atomic E-state index is -0.132. The highest BCUT2D eigenvalue weighted by Crippen LogP contribution is 2.32. The van der Waals surface area contributed by atoms with Gasteiger partial charge in [0.15, 0.2) is 5.69 Å². The van der Waals surface area contributed by atoms with E-state index in [9.17, 15) is 9.90 Å². The molecule has 2 aromatic rings. The lowest BCUT2D eigenvalue weighted by Gasteiger charge is -2.27. The minimum absolute atomic E-state index is 0.0546. The molecule has 3 rings (SSSR count). The molecule has 0 saturated carbocycles. The van der Waals surface area contributed by atoms with Crippen LogP contribution in [0.3, 0.4) is 0 Å². The fraction of sp³-hybridized carbons (Fsp3) is 0.500. The Morgan fingerprint density at radius 2 is 2.08 bits per heavy atom. The highest BCUT2D eigenvalue weighted by Gasteiger charge is 2.33. The number of rotatable bonds is 6. The molecular weight excluding hydrogens is 330 g/mol. The van der Waals surface area contributed by atoms with Gasteiger partial charge in [0.25, 0.3) is 5.91 Å². The number of hydrogen-bond donors (Lipinski definition) is 1. The van der Waals surface area contributed by atoms with E-state index in [0.29, 0.717) is 25.2 Å². The van der Waals surface area contributed by atoms with Crippen molar-refractivity contribution in [2.24, 2.45) is 0 Å². The van der Waals surface area contributed by atoms with E-state index < -0.39 is 0 Å². The maximum absolute atomic E-state index is 13.3. The number of nitrogens with zero attached hydrogens (tertiary/aromatic N) is 3. The van der Waals surface area contributed by atoms with Crippen molar-refractivity contribution in [3.05, 3.63) is 52.8 Å². The van der Waals surface area contributed by atoms with E-state index in [-0.39, 0.29) is 31.3 Å². The maximum Gasteiger partial charge on any atom is 0.275 e. The smallest absolute Gasteiger partial charge is 0.275 e. The van der Waals surface area contributed by atoms with E-state index in [1.54, 1.807) is 4.90 Å². The molecule has 2 heterocycles. The number of aryl methyl sites for hydroxylation is 1. The molecule has 0 bridgehead atoms. The van der Waals surface area contributed by atoms with Crippen molar-refractivity contribution in [1.29, 1.82) is 0 Å². The van der Waals surface area contributed by atoms with Gasteiger partial charge in [0.2, 0.25) is 0 Å². The number of carbonyl (C=O) groups is 1. The number of amides is 1. The molecule has 0 fully saturated rings. The van der Waals surface area contributed by atoms with Crippen LogP contribution in [0.1, 0.15) is 54.2 Å². The second-order valence-electron chi connectivity index (χ2n) is 6.76. The summed E-state index contributed by atoms with van der Waals surface area (Å²) in [6.45, 7) is 7.39. The Morgan fingerprint density at radius 3 is 2.73 bits per heavy atom. The molecule has 140 valence electrons. The SMILES string of the molecule is CCn1nc(C(=O)N(CCO)Cc2ccccc2)c2c1[C@H](C)O[C@H](C)C2. The lowest BCUT2D eigenvalue weighted by molar-refractivity contribution is -0.00952. The molecule has 1 N–H and O–H groups in total. The first-order chi connectivity index (χ1) is 12.5. The number of ether oxygens (including phenoxy) is 1. The van der Waals surface area contributed by atoms with Gasteiger partial charge in [0, 0.05) is 31.6 Å². The predicted molar refractivity (Wildman–Crippen MR) is 98.8 cm³/mol. The Hall–Kier alpha value is -2.18. The average Bonchev–Trinajstić information content (AvgIpc) is 3.00. The Kier molecular flexibility index (Phi) is 5.74. The van der Waals surface area contributed by atoms with E-state index in [1.807, 2.05) is 55.8 Å². The van der Waals surface area contributed by atoms with Crippen molar-refractivity contribution < 1.29 is 14.6 Å². The number of aliphatic hydroxyl groups excluding tert-OH is 1. The standard InChI is InChI=1S/C20H27N3O3/c1-4-23-19-15(3)26-14(2)12-17(19)18(21-23)20(25)22(10-11-24)13-16-8-6-5-7-9-16/h5-9,14-15,24H,4,10-13H2,1-3H3/t14-,15+/m1/s1. The van der Waals surface area contributed by atoms with Crippen molar-refractivity contribution in [1.82, 2.24) is 14.7 Å². The number of aromatic nitrogens is 2. The second kappa shape index (κ2) is 8.01. The highest BCUT2D eigenvalue weighted by atomic mass is 16.5. The molecule has 1 aliphatic rings. The van der Waals surface area contributed by atoms with E-state index in [0.717, 1.165) is 16.8 Å². The number of benzene rings is 1. The molecule has 2 atom stereocenters. The Bertz CT molecular complexity index is 757. The van der Waals surface area contributed by atoms with E-state index >= 15 is 0 Å². The van der Waals surface area contributed by atoms with Gasteiger partial charge in [-0.25, -0.2) is 0 Å². The summed E-state index contributed by atoms with van der Waals surface area (Å²) in [4.78, 5) is 14.9. The summed E-state index contributed by atoms with van der Waals surface area (Å²) in [5.74, 6) is -0.132. The summed E-state index contributed by atoms with van der Waals surface area (Å²) in [6.07, 6.45) is 0.654. The first-order valence-corrected chi connectivity index (χ1v) is 9.24. The van der Waals surface area contributed by atoms with E-state index in [2.05, 4.69) is 5.10 Å². The van der Waals surface area contributed by atoms with Gasteiger partial charge in [0.1, 0.15) is 0 Å². The molecular formula is C20H27N3O3. The van der Waals surface area contributed by atoms with Crippen LogP contribution >= 0.6 is 0 Å². The van der Waals surface area contributed by atoms with Crippen molar-refractivity contribution in [2.75, 3.05) is 13.2 Å². The monoisotopic (exact) mass is 357 g/mol. The van der Waals surface area contributed by atoms with Crippen LogP contribution in [0.5, 0.6) is 0 Å². The molecule has 0 saturated heterocycles. The van der Waals surface area contributed by atoms with Crippen LogP contribution in [0, 0.1) is 0 Å². The molecule has 1 amide bonds. The molecule has 26 heavy (non-hydrogen) atoms. The Labute approximate surface area is 154 Å². The van der Waals surface area contributed by atoms with Crippen molar-refractivity contribution in [3.8, 4) is 0 Å². The van der Waals surface area contributed by atoms with Crippen molar-refractivity contribution in [3.63, 3.8) is 0 Å². The number of carbonyl (C=O) groups excluding carboxylic acids is 1. The fourth-order valence-corrected chi connectivity index (χ4v) is 3.66. The van der Waals surface area contributed by atoms with Gasteiger partial charge in [-0.1, -0.05) is 30.3 Å². The molecule has 0 radical (unpaired) electrons. The molecule has 0 aliphatic carbocycles. The van der Waals surface area contributed by atoms with Gasteiger partial charge in [0.05, 0.1) is 24.5 Å². The molecule has 0 spiro atoms. The topological polar surface area (TPSA) is 67.6 Å². The fourth-order valence-electron chi connectivity index (χ4n) is 3.66. The summed E-state index contributed by atoms with van der Waals surface area (Å²) in [5, 5.41) is 14.0. The van der Waals surface area contributed by atoms with Gasteiger partial charge >= 0.3 is 0 Å². The maximum atomic E-state index is 13.3. The van der Waals surface area contributed by atoms with E-state index in [1.165, 1.54) is 0 Å². The molecule has 6 heteroatoms. The van der Waals surface area contributed by atoms with Gasteiger partial charge in [-0.15, -0.1) is 0 Å². The summed E-state index contributed by atoms with van der Waals surface area (Å²) in [6, 6.07) is 9.81. The first-order valence-electron chi connectivity index (χ1n) is 9.24. The van der Waals surface area contributed by atoms with E-state index in [4.69, 9.17) is 4.74 Å². The van der Waals surface area contributed by atoms with Crippen LogP contribution in [-0.2, 0) is 24.2 Å². The number of hydrogen-bond acceptors (Lipinski definition) is 4. The predicted octanol–water partition coefficient (Wildman–Crippen LogP) is 2.56. The Morgan fingerprint density at radius 1 is 1.35 bits per heavy atom. The first kappa shape index (κ1) is 18.6. The van der Waals surface area contributed by atoms with Crippen LogP contribution in [0.15, 0.2) is 30.3 Å². The molecule has 1 aliphatic heterocycles. The van der Waals surface area contributed by atoms with Crippen LogP contribution in [-0.4, -0.2) is 44.9 Å². The third-order valence-electron chi connectivity index (χ3n) is 4.78. The minimum Gasteiger partial charge on any atom is -0.395 e. The lowest BCUT2D eigenvalue weighted by Crippen LogP contribution is -2.34. The van der Waals surface area contributed by atoms with Crippen LogP contribution in [0.25, 0.3) is 0 Å². The summed E-state index contributed by atoms with van der Waals surface area (Å²) in [7, 11) is 0.